The van der Waals surface area contributed by atoms with Crippen molar-refractivity contribution < 1.29 is 23.1 Å². The maximum Gasteiger partial charge on any atom is 0.416 e. The molecule has 1 unspecified atom stereocenters. The van der Waals surface area contributed by atoms with Crippen molar-refractivity contribution in [3.8, 4) is 0 Å². The van der Waals surface area contributed by atoms with Crippen molar-refractivity contribution in [1.29, 1.82) is 0 Å². The standard InChI is InChI=1S/C8H9F3N2O2S/c1-4-13-5(3-16-4)7(15)12-2-6(14)8(9,10)11/h3,6,14H,2H2,1H3,(H,12,15). The van der Waals surface area contributed by atoms with Gasteiger partial charge in [-0.1, -0.05) is 0 Å². The summed E-state index contributed by atoms with van der Waals surface area (Å²) < 4.78 is 35.7. The minimum atomic E-state index is -4.73. The number of halogens is 3. The summed E-state index contributed by atoms with van der Waals surface area (Å²) in [6, 6.07) is 0. The Labute approximate surface area is 93.1 Å². The van der Waals surface area contributed by atoms with Crippen LogP contribution >= 0.6 is 11.3 Å². The highest BCUT2D eigenvalue weighted by Crippen LogP contribution is 2.19. The van der Waals surface area contributed by atoms with Gasteiger partial charge in [0.1, 0.15) is 5.69 Å². The number of aryl methyl sites for hydroxylation is 1. The molecule has 2 N–H and O–H groups in total. The third kappa shape index (κ3) is 3.46. The van der Waals surface area contributed by atoms with Crippen molar-refractivity contribution in [2.45, 2.75) is 19.2 Å². The molecular weight excluding hydrogens is 245 g/mol. The summed E-state index contributed by atoms with van der Waals surface area (Å²) in [7, 11) is 0. The average Bonchev–Trinajstić information content (AvgIpc) is 2.59. The van der Waals surface area contributed by atoms with Crippen molar-refractivity contribution in [2.75, 3.05) is 6.54 Å². The van der Waals surface area contributed by atoms with Crippen molar-refractivity contribution in [2.24, 2.45) is 0 Å². The minimum Gasteiger partial charge on any atom is -0.382 e. The predicted octanol–water partition coefficient (Wildman–Crippen LogP) is 1.10. The fourth-order valence-electron chi connectivity index (χ4n) is 0.863. The van der Waals surface area contributed by atoms with Gasteiger partial charge in [0, 0.05) is 5.38 Å². The third-order valence-electron chi connectivity index (χ3n) is 1.69. The molecule has 0 spiro atoms. The summed E-state index contributed by atoms with van der Waals surface area (Å²) in [5.74, 6) is -0.729. The van der Waals surface area contributed by atoms with Gasteiger partial charge >= 0.3 is 6.18 Å². The molecule has 1 atom stereocenters. The number of carbonyl (C=O) groups is 1. The molecule has 1 aromatic heterocycles. The molecule has 16 heavy (non-hydrogen) atoms. The van der Waals surface area contributed by atoms with Crippen LogP contribution < -0.4 is 5.32 Å². The SMILES string of the molecule is Cc1nc(C(=O)NCC(O)C(F)(F)F)cs1. The third-order valence-corrected chi connectivity index (χ3v) is 2.46. The number of aliphatic hydroxyl groups excluding tert-OH is 1. The molecule has 0 aliphatic rings. The number of rotatable bonds is 3. The molecule has 0 fully saturated rings. The highest BCUT2D eigenvalue weighted by Gasteiger charge is 2.38. The van der Waals surface area contributed by atoms with Crippen molar-refractivity contribution in [3.63, 3.8) is 0 Å². The van der Waals surface area contributed by atoms with Crippen LogP contribution in [0, 0.1) is 6.92 Å². The molecule has 90 valence electrons. The molecule has 1 heterocycles. The van der Waals surface area contributed by atoms with E-state index < -0.39 is 24.7 Å². The molecule has 0 radical (unpaired) electrons. The lowest BCUT2D eigenvalue weighted by Crippen LogP contribution is -2.40. The van der Waals surface area contributed by atoms with Crippen LogP contribution in [0.1, 0.15) is 15.5 Å². The maximum atomic E-state index is 11.9. The molecule has 0 bridgehead atoms. The van der Waals surface area contributed by atoms with Gasteiger partial charge in [-0.05, 0) is 6.92 Å². The zero-order valence-corrected chi connectivity index (χ0v) is 9.02. The van der Waals surface area contributed by atoms with Crippen LogP contribution in [0.5, 0.6) is 0 Å². The van der Waals surface area contributed by atoms with Crippen LogP contribution in [-0.4, -0.2) is 34.8 Å². The van der Waals surface area contributed by atoms with Crippen LogP contribution in [-0.2, 0) is 0 Å². The smallest absolute Gasteiger partial charge is 0.382 e. The largest absolute Gasteiger partial charge is 0.416 e. The van der Waals surface area contributed by atoms with Gasteiger partial charge in [-0.15, -0.1) is 11.3 Å². The van der Waals surface area contributed by atoms with E-state index in [0.717, 1.165) is 0 Å². The summed E-state index contributed by atoms with van der Waals surface area (Å²) in [5, 5.41) is 12.7. The van der Waals surface area contributed by atoms with E-state index in [9.17, 15) is 18.0 Å². The lowest BCUT2D eigenvalue weighted by Gasteiger charge is -2.14. The number of nitrogens with one attached hydrogen (secondary N) is 1. The minimum absolute atomic E-state index is 0.0527. The fraction of sp³-hybridized carbons (Fsp3) is 0.500. The molecule has 0 aromatic carbocycles. The molecule has 4 nitrogen and oxygen atoms in total. The highest BCUT2D eigenvalue weighted by molar-refractivity contribution is 7.09. The predicted molar refractivity (Wildman–Crippen MR) is 51.2 cm³/mol. The van der Waals surface area contributed by atoms with Crippen molar-refractivity contribution in [3.05, 3.63) is 16.1 Å². The van der Waals surface area contributed by atoms with Gasteiger partial charge < -0.3 is 10.4 Å². The first-order valence-corrected chi connectivity index (χ1v) is 5.14. The van der Waals surface area contributed by atoms with E-state index in [1.165, 1.54) is 16.7 Å². The molecule has 0 saturated heterocycles. The van der Waals surface area contributed by atoms with Gasteiger partial charge in [-0.25, -0.2) is 4.98 Å². The summed E-state index contributed by atoms with van der Waals surface area (Å²) >= 11 is 1.22. The van der Waals surface area contributed by atoms with Gasteiger partial charge in [0.15, 0.2) is 6.10 Å². The number of amides is 1. The molecule has 1 rings (SSSR count). The van der Waals surface area contributed by atoms with Crippen LogP contribution in [0.15, 0.2) is 5.38 Å². The Bertz CT molecular complexity index is 378. The number of hydrogen-bond acceptors (Lipinski definition) is 4. The second kappa shape index (κ2) is 4.79. The van der Waals surface area contributed by atoms with Gasteiger partial charge in [0.25, 0.3) is 5.91 Å². The van der Waals surface area contributed by atoms with Crippen LogP contribution in [0.3, 0.4) is 0 Å². The van der Waals surface area contributed by atoms with E-state index in [1.54, 1.807) is 6.92 Å². The van der Waals surface area contributed by atoms with Gasteiger partial charge in [-0.3, -0.25) is 4.79 Å². The highest BCUT2D eigenvalue weighted by atomic mass is 32.1. The Kier molecular flexibility index (Phi) is 3.87. The summed E-state index contributed by atoms with van der Waals surface area (Å²) in [5.41, 5.74) is 0.0527. The van der Waals surface area contributed by atoms with Crippen LogP contribution in [0.2, 0.25) is 0 Å². The monoisotopic (exact) mass is 254 g/mol. The zero-order chi connectivity index (χ0) is 12.3. The lowest BCUT2D eigenvalue weighted by molar-refractivity contribution is -0.201. The number of alkyl halides is 3. The zero-order valence-electron chi connectivity index (χ0n) is 8.21. The first-order chi connectivity index (χ1) is 7.30. The Morgan fingerprint density at radius 1 is 1.69 bits per heavy atom. The second-order valence-corrected chi connectivity index (χ2v) is 4.08. The number of thiazole rings is 1. The quantitative estimate of drug-likeness (QED) is 0.849. The Hall–Kier alpha value is -1.15. The summed E-state index contributed by atoms with van der Waals surface area (Å²) in [6.45, 7) is 0.797. The van der Waals surface area contributed by atoms with Crippen LogP contribution in [0.25, 0.3) is 0 Å². The van der Waals surface area contributed by atoms with E-state index in [1.807, 2.05) is 5.32 Å². The number of hydrogen-bond donors (Lipinski definition) is 2. The van der Waals surface area contributed by atoms with E-state index >= 15 is 0 Å². The van der Waals surface area contributed by atoms with E-state index in [2.05, 4.69) is 4.98 Å². The van der Waals surface area contributed by atoms with E-state index in [-0.39, 0.29) is 5.69 Å². The molecule has 1 aromatic rings. The number of nitrogens with zero attached hydrogens (tertiary/aromatic N) is 1. The van der Waals surface area contributed by atoms with Crippen molar-refractivity contribution in [1.82, 2.24) is 10.3 Å². The van der Waals surface area contributed by atoms with Crippen molar-refractivity contribution >= 4 is 17.2 Å². The molecule has 0 saturated carbocycles. The average molecular weight is 254 g/mol. The van der Waals surface area contributed by atoms with Gasteiger partial charge in [0.05, 0.1) is 11.6 Å². The molecule has 8 heteroatoms. The molecule has 1 amide bonds. The molecule has 0 aliphatic heterocycles. The van der Waals surface area contributed by atoms with E-state index in [0.29, 0.717) is 5.01 Å². The summed E-state index contributed by atoms with van der Waals surface area (Å²) in [4.78, 5) is 15.0. The Morgan fingerprint density at radius 2 is 2.31 bits per heavy atom. The first kappa shape index (κ1) is 12.9. The van der Waals surface area contributed by atoms with Gasteiger partial charge in [0.2, 0.25) is 0 Å². The Balaban J connectivity index is 2.48. The van der Waals surface area contributed by atoms with Gasteiger partial charge in [-0.2, -0.15) is 13.2 Å². The van der Waals surface area contributed by atoms with Crippen LogP contribution in [0.4, 0.5) is 13.2 Å². The topological polar surface area (TPSA) is 62.2 Å². The molecular formula is C8H9F3N2O2S. The first-order valence-electron chi connectivity index (χ1n) is 4.26. The van der Waals surface area contributed by atoms with E-state index in [4.69, 9.17) is 5.11 Å². The number of aliphatic hydroxyl groups is 1. The second-order valence-electron chi connectivity index (χ2n) is 3.02. The molecule has 0 aliphatic carbocycles. The Morgan fingerprint density at radius 3 is 2.75 bits per heavy atom. The normalized spacial score (nSPS) is 13.6. The lowest BCUT2D eigenvalue weighted by atomic mass is 10.3. The summed E-state index contributed by atoms with van der Waals surface area (Å²) in [6.07, 6.45) is -7.29. The fourth-order valence-corrected chi connectivity index (χ4v) is 1.46. The maximum absolute atomic E-state index is 11.9. The number of carbonyl (C=O) groups excluding carboxylic acids is 1. The number of aromatic nitrogens is 1.